The summed E-state index contributed by atoms with van der Waals surface area (Å²) in [4.78, 5) is 0. The van der Waals surface area contributed by atoms with Crippen molar-refractivity contribution in [1.82, 2.24) is 0 Å². The minimum absolute atomic E-state index is 0.0926. The van der Waals surface area contributed by atoms with Crippen LogP contribution in [0.1, 0.15) is 6.42 Å². The molecule has 0 aliphatic heterocycles. The van der Waals surface area contributed by atoms with E-state index in [1.165, 1.54) is 0 Å². The van der Waals surface area contributed by atoms with Gasteiger partial charge >= 0.3 is 52.9 Å². The zero-order chi connectivity index (χ0) is 6.36. The molecule has 0 radical (unpaired) electrons. The standard InChI is InChI=1S/C6H14GeO/c1-7(2,3)5-4-6(5)8/h5-6,8H,4H2,1-3H3. The number of aliphatic hydroxyl groups excluding tert-OH is 1. The number of aliphatic hydroxyl groups is 1. The van der Waals surface area contributed by atoms with Gasteiger partial charge in [-0.3, -0.25) is 0 Å². The molecule has 2 unspecified atom stereocenters. The van der Waals surface area contributed by atoms with Gasteiger partial charge < -0.3 is 0 Å². The predicted molar refractivity (Wildman–Crippen MR) is 37.7 cm³/mol. The average Bonchev–Trinajstić information content (AvgIpc) is 2.13. The third-order valence-corrected chi connectivity index (χ3v) is 7.84. The first-order valence-corrected chi connectivity index (χ1v) is 10.7. The normalized spacial score (nSPS) is 37.5. The van der Waals surface area contributed by atoms with Gasteiger partial charge in [0.05, 0.1) is 0 Å². The van der Waals surface area contributed by atoms with Crippen molar-refractivity contribution in [2.45, 2.75) is 34.5 Å². The van der Waals surface area contributed by atoms with E-state index in [2.05, 4.69) is 17.3 Å². The summed E-state index contributed by atoms with van der Waals surface area (Å²) >= 11 is -1.38. The van der Waals surface area contributed by atoms with Gasteiger partial charge in [0.2, 0.25) is 0 Å². The van der Waals surface area contributed by atoms with Gasteiger partial charge in [0.25, 0.3) is 0 Å². The van der Waals surface area contributed by atoms with Crippen molar-refractivity contribution in [3.05, 3.63) is 0 Å². The van der Waals surface area contributed by atoms with Crippen LogP contribution in [0.3, 0.4) is 0 Å². The van der Waals surface area contributed by atoms with Crippen LogP contribution >= 0.6 is 0 Å². The van der Waals surface area contributed by atoms with E-state index >= 15 is 0 Å². The van der Waals surface area contributed by atoms with E-state index in [1.54, 1.807) is 0 Å². The summed E-state index contributed by atoms with van der Waals surface area (Å²) in [6, 6.07) is 0. The Balaban J connectivity index is 2.39. The summed E-state index contributed by atoms with van der Waals surface area (Å²) in [6.07, 6.45) is 1.19. The number of hydrogen-bond donors (Lipinski definition) is 1. The molecular weight excluding hydrogens is 161 g/mol. The second-order valence-corrected chi connectivity index (χ2v) is 15.3. The molecule has 1 saturated carbocycles. The average molecular weight is 175 g/mol. The summed E-state index contributed by atoms with van der Waals surface area (Å²) in [7, 11) is 0. The molecule has 1 N–H and O–H groups in total. The summed E-state index contributed by atoms with van der Waals surface area (Å²) < 4.78 is 0.759. The van der Waals surface area contributed by atoms with Crippen LogP contribution in [0.4, 0.5) is 0 Å². The van der Waals surface area contributed by atoms with Crippen LogP contribution in [0.15, 0.2) is 0 Å². The van der Waals surface area contributed by atoms with Crippen LogP contribution in [0.5, 0.6) is 0 Å². The molecular formula is C6H14GeO. The number of rotatable bonds is 1. The van der Waals surface area contributed by atoms with E-state index in [9.17, 15) is 0 Å². The quantitative estimate of drug-likeness (QED) is 0.597. The van der Waals surface area contributed by atoms with Crippen LogP contribution in [0, 0.1) is 0 Å². The Morgan fingerprint density at radius 1 is 1.38 bits per heavy atom. The molecule has 0 aromatic carbocycles. The first-order valence-electron chi connectivity index (χ1n) is 3.20. The third kappa shape index (κ3) is 1.26. The zero-order valence-corrected chi connectivity index (χ0v) is 7.91. The summed E-state index contributed by atoms with van der Waals surface area (Å²) in [5.74, 6) is 7.09. The van der Waals surface area contributed by atoms with E-state index in [4.69, 9.17) is 5.11 Å². The van der Waals surface area contributed by atoms with Crippen molar-refractivity contribution in [2.24, 2.45) is 0 Å². The molecule has 0 saturated heterocycles. The molecule has 0 aromatic rings. The number of hydrogen-bond acceptors (Lipinski definition) is 1. The Hall–Kier alpha value is 0.503. The van der Waals surface area contributed by atoms with Crippen molar-refractivity contribution in [1.29, 1.82) is 0 Å². The Morgan fingerprint density at radius 2 is 1.75 bits per heavy atom. The van der Waals surface area contributed by atoms with Gasteiger partial charge in [0.15, 0.2) is 0 Å². The Kier molecular flexibility index (Phi) is 1.44. The van der Waals surface area contributed by atoms with E-state index in [1.807, 2.05) is 0 Å². The van der Waals surface area contributed by atoms with Gasteiger partial charge in [-0.05, 0) is 0 Å². The minimum atomic E-state index is -1.38. The van der Waals surface area contributed by atoms with E-state index in [0.717, 1.165) is 11.2 Å². The fourth-order valence-corrected chi connectivity index (χ4v) is 5.52. The first kappa shape index (κ1) is 6.62. The van der Waals surface area contributed by atoms with Gasteiger partial charge in [-0.15, -0.1) is 0 Å². The van der Waals surface area contributed by atoms with Crippen molar-refractivity contribution >= 4 is 13.3 Å². The molecule has 0 bridgehead atoms. The van der Waals surface area contributed by atoms with Gasteiger partial charge in [-0.25, -0.2) is 0 Å². The van der Waals surface area contributed by atoms with Gasteiger partial charge in [-0.2, -0.15) is 0 Å². The fraction of sp³-hybridized carbons (Fsp3) is 1.00. The van der Waals surface area contributed by atoms with E-state index in [0.29, 0.717) is 0 Å². The van der Waals surface area contributed by atoms with E-state index in [-0.39, 0.29) is 6.10 Å². The van der Waals surface area contributed by atoms with E-state index < -0.39 is 13.3 Å². The third-order valence-electron chi connectivity index (χ3n) is 1.87. The maximum atomic E-state index is 9.01. The SMILES string of the molecule is [CH3][Ge]([CH3])([CH3])[CH]1CC1O. The molecule has 0 aromatic heterocycles. The molecule has 2 heteroatoms. The molecule has 0 amide bonds. The second kappa shape index (κ2) is 1.74. The Morgan fingerprint density at radius 3 is 1.75 bits per heavy atom. The molecule has 2 atom stereocenters. The van der Waals surface area contributed by atoms with Crippen molar-refractivity contribution in [3.8, 4) is 0 Å². The summed E-state index contributed by atoms with van der Waals surface area (Å²) in [5.41, 5.74) is 0. The molecule has 8 heavy (non-hydrogen) atoms. The van der Waals surface area contributed by atoms with Crippen LogP contribution in [-0.2, 0) is 0 Å². The molecule has 1 aliphatic rings. The summed E-state index contributed by atoms with van der Waals surface area (Å²) in [6.45, 7) is 0. The van der Waals surface area contributed by atoms with Crippen LogP contribution in [0.2, 0.25) is 22.0 Å². The van der Waals surface area contributed by atoms with Gasteiger partial charge in [0.1, 0.15) is 0 Å². The first-order chi connectivity index (χ1) is 3.52. The van der Waals surface area contributed by atoms with Crippen molar-refractivity contribution < 1.29 is 5.11 Å². The second-order valence-electron chi connectivity index (χ2n) is 3.78. The molecule has 1 fully saturated rings. The molecule has 1 rings (SSSR count). The fourth-order valence-electron chi connectivity index (χ4n) is 1.11. The molecule has 1 nitrogen and oxygen atoms in total. The topological polar surface area (TPSA) is 20.2 Å². The molecule has 0 spiro atoms. The van der Waals surface area contributed by atoms with Gasteiger partial charge in [0, 0.05) is 0 Å². The molecule has 48 valence electrons. The van der Waals surface area contributed by atoms with Crippen molar-refractivity contribution in [2.75, 3.05) is 0 Å². The summed E-state index contributed by atoms with van der Waals surface area (Å²) in [5, 5.41) is 9.01. The maximum absolute atomic E-state index is 9.01. The Bertz CT molecular complexity index is 95.2. The van der Waals surface area contributed by atoms with Crippen LogP contribution in [0.25, 0.3) is 0 Å². The van der Waals surface area contributed by atoms with Crippen LogP contribution in [-0.4, -0.2) is 24.5 Å². The molecule has 1 aliphatic carbocycles. The van der Waals surface area contributed by atoms with Crippen LogP contribution < -0.4 is 0 Å². The van der Waals surface area contributed by atoms with Gasteiger partial charge in [-0.1, -0.05) is 0 Å². The zero-order valence-electron chi connectivity index (χ0n) is 5.81. The monoisotopic (exact) mass is 176 g/mol. The molecule has 0 heterocycles. The predicted octanol–water partition coefficient (Wildman–Crippen LogP) is 1.46. The Labute approximate surface area is 53.5 Å². The van der Waals surface area contributed by atoms with Crippen molar-refractivity contribution in [3.63, 3.8) is 0 Å².